The van der Waals surface area contributed by atoms with E-state index in [4.69, 9.17) is 5.73 Å². The molecule has 2 nitrogen and oxygen atoms in total. The van der Waals surface area contributed by atoms with Crippen molar-refractivity contribution in [2.75, 3.05) is 7.05 Å². The SMILES string of the molecule is C#C.C=Cc1c(C)c(-c2ccc3cc(C(/C=C\CC4C=C(C)N4C)=C/N)ccc3c2)c2cc(C)ccc2c1-c1ccccc1. The third-order valence-electron chi connectivity index (χ3n) is 8.83. The molecule has 0 amide bonds. The van der Waals surface area contributed by atoms with E-state index in [1.54, 1.807) is 6.20 Å². The fourth-order valence-electron chi connectivity index (χ4n) is 6.37. The normalized spacial score (nSPS) is 14.7. The molecule has 1 aliphatic rings. The van der Waals surface area contributed by atoms with Crippen LogP contribution < -0.4 is 5.73 Å². The Balaban J connectivity index is 0.00000188. The van der Waals surface area contributed by atoms with Crippen LogP contribution in [0.1, 0.15) is 35.6 Å². The molecule has 6 rings (SSSR count). The van der Waals surface area contributed by atoms with E-state index in [0.29, 0.717) is 6.04 Å². The lowest BCUT2D eigenvalue weighted by Gasteiger charge is -2.36. The Morgan fingerprint density at radius 2 is 1.57 bits per heavy atom. The van der Waals surface area contributed by atoms with E-state index in [0.717, 1.165) is 17.6 Å². The van der Waals surface area contributed by atoms with Crippen molar-refractivity contribution >= 4 is 33.2 Å². The van der Waals surface area contributed by atoms with Gasteiger partial charge in [0.1, 0.15) is 0 Å². The number of fused-ring (bicyclic) bond motifs is 2. The molecule has 0 spiro atoms. The van der Waals surface area contributed by atoms with E-state index in [1.807, 2.05) is 6.08 Å². The maximum Gasteiger partial charge on any atom is 0.0520 e. The minimum atomic E-state index is 0.474. The molecule has 1 aliphatic heterocycles. The van der Waals surface area contributed by atoms with Gasteiger partial charge in [0.05, 0.1) is 6.04 Å². The molecule has 1 heterocycles. The van der Waals surface area contributed by atoms with Crippen LogP contribution in [0.15, 0.2) is 122 Å². The first-order valence-corrected chi connectivity index (χ1v) is 15.0. The molecule has 2 heteroatoms. The molecule has 0 radical (unpaired) electrons. The smallest absolute Gasteiger partial charge is 0.0520 e. The van der Waals surface area contributed by atoms with Crippen LogP contribution in [0, 0.1) is 26.7 Å². The van der Waals surface area contributed by atoms with Crippen LogP contribution in [0.5, 0.6) is 0 Å². The van der Waals surface area contributed by atoms with Gasteiger partial charge >= 0.3 is 0 Å². The molecule has 0 bridgehead atoms. The standard InChI is InChI=1S/C40H38N2.C2H2/c1-6-36-28(4)39(38-21-26(2)15-20-37(38)40(36)29-11-8-7-9-12-29)33-19-18-30-23-32(17-16-31(30)24-33)34(25-41)13-10-14-35-22-27(3)42(35)5;1-2/h6-13,15-25,35H,1,14,41H2,2-5H3;1-2H/b13-10-,34-25+;. The van der Waals surface area contributed by atoms with Crippen LogP contribution in [0.4, 0.5) is 0 Å². The maximum absolute atomic E-state index is 6.08. The Labute approximate surface area is 262 Å². The summed E-state index contributed by atoms with van der Waals surface area (Å²) >= 11 is 0. The lowest BCUT2D eigenvalue weighted by molar-refractivity contribution is 0.300. The highest BCUT2D eigenvalue weighted by molar-refractivity contribution is 6.10. The van der Waals surface area contributed by atoms with Gasteiger partial charge in [-0.3, -0.25) is 0 Å². The second-order valence-corrected chi connectivity index (χ2v) is 11.4. The summed E-state index contributed by atoms with van der Waals surface area (Å²) in [7, 11) is 2.15. The van der Waals surface area contributed by atoms with Gasteiger partial charge in [-0.1, -0.05) is 103 Å². The summed E-state index contributed by atoms with van der Waals surface area (Å²) in [5.41, 5.74) is 18.2. The zero-order chi connectivity index (χ0) is 31.4. The van der Waals surface area contributed by atoms with E-state index in [-0.39, 0.29) is 0 Å². The van der Waals surface area contributed by atoms with Crippen molar-refractivity contribution in [2.45, 2.75) is 33.2 Å². The summed E-state index contributed by atoms with van der Waals surface area (Å²) in [6.45, 7) is 10.8. The Morgan fingerprint density at radius 1 is 0.841 bits per heavy atom. The summed E-state index contributed by atoms with van der Waals surface area (Å²) in [6.07, 6.45) is 19.4. The average molecular weight is 573 g/mol. The quantitative estimate of drug-likeness (QED) is 0.155. The fraction of sp³-hybridized carbons (Fsp3) is 0.143. The molecule has 2 N–H and O–H groups in total. The molecule has 1 unspecified atom stereocenters. The molecule has 0 fully saturated rings. The van der Waals surface area contributed by atoms with Gasteiger partial charge in [-0.15, -0.1) is 12.8 Å². The predicted molar refractivity (Wildman–Crippen MR) is 193 cm³/mol. The highest BCUT2D eigenvalue weighted by atomic mass is 15.2. The first-order valence-electron chi connectivity index (χ1n) is 15.0. The van der Waals surface area contributed by atoms with E-state index in [9.17, 15) is 0 Å². The minimum absolute atomic E-state index is 0.474. The van der Waals surface area contributed by atoms with E-state index < -0.39 is 0 Å². The van der Waals surface area contributed by atoms with Gasteiger partial charge in [-0.25, -0.2) is 0 Å². The molecular formula is C42H40N2. The van der Waals surface area contributed by atoms with Crippen LogP contribution in [-0.2, 0) is 0 Å². The van der Waals surface area contributed by atoms with Crippen molar-refractivity contribution in [1.29, 1.82) is 0 Å². The van der Waals surface area contributed by atoms with Crippen LogP contribution in [0.25, 0.3) is 55.4 Å². The molecule has 5 aromatic rings. The van der Waals surface area contributed by atoms with Crippen LogP contribution in [-0.4, -0.2) is 18.0 Å². The summed E-state index contributed by atoms with van der Waals surface area (Å²) in [6, 6.07) is 31.4. The Hall–Kier alpha value is -5.26. The van der Waals surface area contributed by atoms with Crippen molar-refractivity contribution in [1.82, 2.24) is 4.90 Å². The number of likely N-dealkylation sites (N-methyl/N-ethyl adjacent to an activating group) is 1. The minimum Gasteiger partial charge on any atom is -0.404 e. The van der Waals surface area contributed by atoms with Crippen molar-refractivity contribution in [3.05, 3.63) is 144 Å². The topological polar surface area (TPSA) is 29.3 Å². The van der Waals surface area contributed by atoms with Crippen LogP contribution >= 0.6 is 0 Å². The number of hydrogen-bond donors (Lipinski definition) is 1. The number of nitrogens with two attached hydrogens (primary N) is 1. The van der Waals surface area contributed by atoms with Gasteiger partial charge in [0.15, 0.2) is 0 Å². The first kappa shape index (κ1) is 30.2. The highest BCUT2D eigenvalue weighted by Crippen LogP contribution is 2.43. The summed E-state index contributed by atoms with van der Waals surface area (Å²) < 4.78 is 0. The lowest BCUT2D eigenvalue weighted by Crippen LogP contribution is -2.36. The highest BCUT2D eigenvalue weighted by Gasteiger charge is 2.20. The van der Waals surface area contributed by atoms with Crippen molar-refractivity contribution in [2.24, 2.45) is 5.73 Å². The van der Waals surface area contributed by atoms with Gasteiger partial charge in [0.2, 0.25) is 0 Å². The summed E-state index contributed by atoms with van der Waals surface area (Å²) in [5.74, 6) is 0. The van der Waals surface area contributed by atoms with E-state index >= 15 is 0 Å². The molecule has 1 atom stereocenters. The molecule has 5 aromatic carbocycles. The maximum atomic E-state index is 6.08. The zero-order valence-electron chi connectivity index (χ0n) is 26.1. The summed E-state index contributed by atoms with van der Waals surface area (Å²) in [5, 5.41) is 4.93. The first-order chi connectivity index (χ1) is 21.4. The lowest BCUT2D eigenvalue weighted by atomic mass is 9.83. The Bertz CT molecular complexity index is 1970. The number of aryl methyl sites for hydroxylation is 1. The van der Waals surface area contributed by atoms with Gasteiger partial charge in [0.25, 0.3) is 0 Å². The van der Waals surface area contributed by atoms with Gasteiger partial charge < -0.3 is 10.6 Å². The molecular weight excluding hydrogens is 532 g/mol. The number of hydrogen-bond acceptors (Lipinski definition) is 2. The third-order valence-corrected chi connectivity index (χ3v) is 8.83. The zero-order valence-corrected chi connectivity index (χ0v) is 26.1. The van der Waals surface area contributed by atoms with Crippen LogP contribution in [0.2, 0.25) is 0 Å². The molecule has 218 valence electrons. The molecule has 0 aliphatic carbocycles. The van der Waals surface area contributed by atoms with Crippen molar-refractivity contribution in [3.8, 4) is 35.1 Å². The second kappa shape index (κ2) is 12.9. The average Bonchev–Trinajstić information content (AvgIpc) is 3.06. The number of nitrogens with zero attached hydrogens (tertiary/aromatic N) is 1. The second-order valence-electron chi connectivity index (χ2n) is 11.4. The van der Waals surface area contributed by atoms with Crippen molar-refractivity contribution in [3.63, 3.8) is 0 Å². The number of benzene rings is 5. The number of rotatable bonds is 7. The molecule has 0 saturated heterocycles. The number of allylic oxidation sites excluding steroid dienone is 3. The predicted octanol–water partition coefficient (Wildman–Crippen LogP) is 10.3. The molecule has 0 aromatic heterocycles. The summed E-state index contributed by atoms with van der Waals surface area (Å²) in [4.78, 5) is 2.31. The van der Waals surface area contributed by atoms with Crippen LogP contribution in [0.3, 0.4) is 0 Å². The van der Waals surface area contributed by atoms with E-state index in [1.165, 1.54) is 66.2 Å². The van der Waals surface area contributed by atoms with Gasteiger partial charge in [-0.2, -0.15) is 0 Å². The van der Waals surface area contributed by atoms with E-state index in [2.05, 4.69) is 155 Å². The Kier molecular flexibility index (Phi) is 8.88. The Morgan fingerprint density at radius 3 is 2.25 bits per heavy atom. The fourth-order valence-corrected chi connectivity index (χ4v) is 6.37. The monoisotopic (exact) mass is 572 g/mol. The third kappa shape index (κ3) is 5.58. The largest absolute Gasteiger partial charge is 0.404 e. The number of terminal acetylenes is 1. The van der Waals surface area contributed by atoms with Gasteiger partial charge in [0, 0.05) is 18.9 Å². The molecule has 0 saturated carbocycles. The molecule has 44 heavy (non-hydrogen) atoms. The van der Waals surface area contributed by atoms with Crippen molar-refractivity contribution < 1.29 is 0 Å². The van der Waals surface area contributed by atoms with Gasteiger partial charge in [-0.05, 0) is 111 Å².